The summed E-state index contributed by atoms with van der Waals surface area (Å²) in [4.78, 5) is 22.4. The van der Waals surface area contributed by atoms with Crippen LogP contribution in [0.1, 0.15) is 5.56 Å². The summed E-state index contributed by atoms with van der Waals surface area (Å²) in [6, 6.07) is 10.3. The summed E-state index contributed by atoms with van der Waals surface area (Å²) in [5.41, 5.74) is 2.88. The summed E-state index contributed by atoms with van der Waals surface area (Å²) in [5, 5.41) is 6.05. The molecule has 11 heteroatoms. The van der Waals surface area contributed by atoms with Crippen molar-refractivity contribution in [1.29, 1.82) is 0 Å². The molecule has 2 heterocycles. The predicted molar refractivity (Wildman–Crippen MR) is 103 cm³/mol. The number of H-pyrrole nitrogens is 1. The Bertz CT molecular complexity index is 1250. The Kier molecular flexibility index (Phi) is 4.78. The van der Waals surface area contributed by atoms with E-state index in [-0.39, 0.29) is 11.7 Å². The minimum atomic E-state index is -4.75. The molecule has 8 nitrogen and oxygen atoms in total. The number of nitrogens with one attached hydrogen (secondary N) is 3. The number of aromatic nitrogens is 3. The zero-order valence-corrected chi connectivity index (χ0v) is 15.4. The van der Waals surface area contributed by atoms with Crippen molar-refractivity contribution >= 4 is 34.2 Å². The summed E-state index contributed by atoms with van der Waals surface area (Å²) in [6.45, 7) is 1.81. The molecule has 4 rings (SSSR count). The molecule has 0 atom stereocenters. The van der Waals surface area contributed by atoms with Crippen molar-refractivity contribution in [2.75, 3.05) is 10.6 Å². The minimum Gasteiger partial charge on any atom is -0.408 e. The highest BCUT2D eigenvalue weighted by atomic mass is 19.4. The van der Waals surface area contributed by atoms with Gasteiger partial charge in [-0.1, -0.05) is 0 Å². The van der Waals surface area contributed by atoms with Crippen LogP contribution in [0.4, 0.5) is 36.3 Å². The van der Waals surface area contributed by atoms with Gasteiger partial charge >= 0.3 is 12.1 Å². The maximum atomic E-state index is 12.2. The van der Waals surface area contributed by atoms with E-state index in [1.54, 1.807) is 24.4 Å². The molecule has 0 fully saturated rings. The molecule has 0 aliphatic heterocycles. The van der Waals surface area contributed by atoms with E-state index in [2.05, 4.69) is 30.3 Å². The van der Waals surface area contributed by atoms with Crippen molar-refractivity contribution in [3.05, 3.63) is 64.8 Å². The molecule has 0 unspecified atom stereocenters. The first kappa shape index (κ1) is 19.3. The van der Waals surface area contributed by atoms with Gasteiger partial charge < -0.3 is 19.8 Å². The van der Waals surface area contributed by atoms with Gasteiger partial charge in [0.25, 0.3) is 0 Å². The van der Waals surface area contributed by atoms with Crippen LogP contribution in [0.5, 0.6) is 5.75 Å². The molecule has 0 saturated carbocycles. The molecule has 0 aliphatic carbocycles. The molecule has 3 N–H and O–H groups in total. The molecular weight excluding hydrogens is 403 g/mol. The lowest BCUT2D eigenvalue weighted by Crippen LogP contribution is -2.17. The van der Waals surface area contributed by atoms with Crippen LogP contribution in [-0.2, 0) is 0 Å². The van der Waals surface area contributed by atoms with Crippen molar-refractivity contribution in [2.45, 2.75) is 13.3 Å². The predicted octanol–water partition coefficient (Wildman–Crippen LogP) is 4.61. The number of rotatable bonds is 5. The standard InChI is InChI=1S/C19H14F3N5O3/c1-10-9-23-17(25-11-2-5-13(6-3-11)30-19(20,21)22)27-16(10)24-12-4-7-15-14(8-12)26-18(28)29-15/h2-9H,1H3,(H,26,28)(H2,23,24,25,27). The Hall–Kier alpha value is -4.02. The fourth-order valence-electron chi connectivity index (χ4n) is 2.66. The fraction of sp³-hybridized carbons (Fsp3) is 0.105. The van der Waals surface area contributed by atoms with Crippen LogP contribution < -0.4 is 21.1 Å². The highest BCUT2D eigenvalue weighted by Crippen LogP contribution is 2.26. The maximum absolute atomic E-state index is 12.2. The molecule has 2 aromatic carbocycles. The van der Waals surface area contributed by atoms with Gasteiger partial charge in [-0.25, -0.2) is 9.78 Å². The molecule has 0 bridgehead atoms. The lowest BCUT2D eigenvalue weighted by molar-refractivity contribution is -0.274. The van der Waals surface area contributed by atoms with Gasteiger partial charge in [-0.2, -0.15) is 4.98 Å². The third kappa shape index (κ3) is 4.51. The van der Waals surface area contributed by atoms with Gasteiger partial charge in [0.2, 0.25) is 5.95 Å². The first-order chi connectivity index (χ1) is 14.2. The van der Waals surface area contributed by atoms with Crippen LogP contribution in [0.15, 0.2) is 57.9 Å². The summed E-state index contributed by atoms with van der Waals surface area (Å²) in [5.74, 6) is -0.119. The van der Waals surface area contributed by atoms with Crippen molar-refractivity contribution in [2.24, 2.45) is 0 Å². The number of aromatic amines is 1. The van der Waals surface area contributed by atoms with Gasteiger partial charge in [0.15, 0.2) is 5.58 Å². The number of anilines is 4. The smallest absolute Gasteiger partial charge is 0.408 e. The Morgan fingerprint density at radius 2 is 1.80 bits per heavy atom. The molecule has 0 aliphatic rings. The second-order valence-electron chi connectivity index (χ2n) is 6.27. The van der Waals surface area contributed by atoms with E-state index in [1.807, 2.05) is 6.92 Å². The van der Waals surface area contributed by atoms with Crippen LogP contribution in [0, 0.1) is 6.92 Å². The fourth-order valence-corrected chi connectivity index (χ4v) is 2.66. The minimum absolute atomic E-state index is 0.241. The Balaban J connectivity index is 1.51. The molecule has 0 amide bonds. The number of nitrogens with zero attached hydrogens (tertiary/aromatic N) is 2. The van der Waals surface area contributed by atoms with Crippen LogP contribution in [0.3, 0.4) is 0 Å². The molecular formula is C19H14F3N5O3. The van der Waals surface area contributed by atoms with E-state index in [0.717, 1.165) is 5.56 Å². The summed E-state index contributed by atoms with van der Waals surface area (Å²) in [6.07, 6.45) is -3.15. The third-order valence-corrected chi connectivity index (χ3v) is 4.00. The number of oxazole rings is 1. The van der Waals surface area contributed by atoms with Gasteiger partial charge in [0.1, 0.15) is 11.6 Å². The van der Waals surface area contributed by atoms with Crippen molar-refractivity contribution in [3.63, 3.8) is 0 Å². The van der Waals surface area contributed by atoms with E-state index >= 15 is 0 Å². The molecule has 0 saturated heterocycles. The van der Waals surface area contributed by atoms with Gasteiger partial charge in [-0.05, 0) is 49.4 Å². The SMILES string of the molecule is Cc1cnc(Nc2ccc(OC(F)(F)F)cc2)nc1Nc1ccc2oc(=O)[nH]c2c1. The Morgan fingerprint density at radius 1 is 1.07 bits per heavy atom. The quantitative estimate of drug-likeness (QED) is 0.436. The molecule has 30 heavy (non-hydrogen) atoms. The average Bonchev–Trinajstić information content (AvgIpc) is 3.04. The van der Waals surface area contributed by atoms with Crippen LogP contribution in [0.2, 0.25) is 0 Å². The van der Waals surface area contributed by atoms with Crippen LogP contribution >= 0.6 is 0 Å². The molecule has 0 spiro atoms. The number of fused-ring (bicyclic) bond motifs is 1. The molecule has 154 valence electrons. The summed E-state index contributed by atoms with van der Waals surface area (Å²) < 4.78 is 45.6. The Morgan fingerprint density at radius 3 is 2.53 bits per heavy atom. The largest absolute Gasteiger partial charge is 0.573 e. The second kappa shape index (κ2) is 7.43. The highest BCUT2D eigenvalue weighted by molar-refractivity contribution is 5.78. The number of alkyl halides is 3. The number of halogens is 3. The first-order valence-corrected chi connectivity index (χ1v) is 8.61. The zero-order chi connectivity index (χ0) is 21.3. The number of hydrogen-bond acceptors (Lipinski definition) is 7. The normalized spacial score (nSPS) is 11.5. The van der Waals surface area contributed by atoms with E-state index in [9.17, 15) is 18.0 Å². The van der Waals surface area contributed by atoms with Crippen LogP contribution in [-0.4, -0.2) is 21.3 Å². The number of aryl methyl sites for hydroxylation is 1. The first-order valence-electron chi connectivity index (χ1n) is 8.61. The Labute approximate surface area is 166 Å². The topological polar surface area (TPSA) is 105 Å². The van der Waals surface area contributed by atoms with Crippen LogP contribution in [0.25, 0.3) is 11.1 Å². The lowest BCUT2D eigenvalue weighted by Gasteiger charge is -2.12. The van der Waals surface area contributed by atoms with Crippen molar-refractivity contribution < 1.29 is 22.3 Å². The summed E-state index contributed by atoms with van der Waals surface area (Å²) >= 11 is 0. The van der Waals surface area contributed by atoms with E-state index in [1.165, 1.54) is 24.3 Å². The van der Waals surface area contributed by atoms with Gasteiger partial charge in [0.05, 0.1) is 5.52 Å². The lowest BCUT2D eigenvalue weighted by atomic mass is 10.2. The number of benzene rings is 2. The van der Waals surface area contributed by atoms with Gasteiger partial charge in [-0.15, -0.1) is 13.2 Å². The average molecular weight is 417 g/mol. The van der Waals surface area contributed by atoms with Crippen molar-refractivity contribution in [1.82, 2.24) is 15.0 Å². The highest BCUT2D eigenvalue weighted by Gasteiger charge is 2.30. The molecule has 4 aromatic rings. The number of hydrogen-bond donors (Lipinski definition) is 3. The maximum Gasteiger partial charge on any atom is 0.573 e. The van der Waals surface area contributed by atoms with E-state index in [0.29, 0.717) is 28.3 Å². The van der Waals surface area contributed by atoms with Gasteiger partial charge in [-0.3, -0.25) is 4.98 Å². The zero-order valence-electron chi connectivity index (χ0n) is 15.4. The molecule has 2 aromatic heterocycles. The van der Waals surface area contributed by atoms with Crippen molar-refractivity contribution in [3.8, 4) is 5.75 Å². The number of ether oxygens (including phenoxy) is 1. The summed E-state index contributed by atoms with van der Waals surface area (Å²) in [7, 11) is 0. The molecule has 0 radical (unpaired) electrons. The van der Waals surface area contributed by atoms with E-state index < -0.39 is 12.1 Å². The second-order valence-corrected chi connectivity index (χ2v) is 6.27. The van der Waals surface area contributed by atoms with Gasteiger partial charge in [0, 0.05) is 23.1 Å². The monoisotopic (exact) mass is 417 g/mol. The van der Waals surface area contributed by atoms with E-state index in [4.69, 9.17) is 4.42 Å². The third-order valence-electron chi connectivity index (χ3n) is 4.00.